The molecule has 0 spiro atoms. The second-order valence-electron chi connectivity index (χ2n) is 5.51. The smallest absolute Gasteiger partial charge is 0.264 e. The summed E-state index contributed by atoms with van der Waals surface area (Å²) in [5.41, 5.74) is 0. The van der Waals surface area contributed by atoms with Crippen molar-refractivity contribution in [1.29, 1.82) is 0 Å². The second kappa shape index (κ2) is 6.19. The van der Waals surface area contributed by atoms with Crippen LogP contribution in [-0.2, 0) is 16.6 Å². The van der Waals surface area contributed by atoms with Gasteiger partial charge in [-0.3, -0.25) is 4.68 Å². The minimum absolute atomic E-state index is 0.0525. The zero-order valence-corrected chi connectivity index (χ0v) is 13.2. The molecule has 0 aromatic carbocycles. The second-order valence-corrected chi connectivity index (χ2v) is 7.40. The summed E-state index contributed by atoms with van der Waals surface area (Å²) in [4.78, 5) is 2.31. The summed E-state index contributed by atoms with van der Waals surface area (Å²) in [6.45, 7) is 10.5. The predicted molar refractivity (Wildman–Crippen MR) is 75.7 cm³/mol. The van der Waals surface area contributed by atoms with Crippen molar-refractivity contribution in [3.63, 3.8) is 0 Å². The van der Waals surface area contributed by atoms with Crippen LogP contribution in [0.15, 0.2) is 11.2 Å². The number of piperazine rings is 1. The van der Waals surface area contributed by atoms with E-state index in [1.165, 1.54) is 15.2 Å². The molecule has 1 aromatic heterocycles. The van der Waals surface area contributed by atoms with Crippen molar-refractivity contribution < 1.29 is 8.42 Å². The third kappa shape index (κ3) is 3.36. The molecular formula is C12H23N5O2S. The van der Waals surface area contributed by atoms with Gasteiger partial charge in [-0.25, -0.2) is 8.42 Å². The molecule has 0 unspecified atom stereocenters. The van der Waals surface area contributed by atoms with Crippen molar-refractivity contribution in [3.05, 3.63) is 6.20 Å². The summed E-state index contributed by atoms with van der Waals surface area (Å²) in [6.07, 6.45) is 1.50. The molecule has 1 aliphatic rings. The van der Waals surface area contributed by atoms with Crippen molar-refractivity contribution in [2.75, 3.05) is 32.7 Å². The van der Waals surface area contributed by atoms with Gasteiger partial charge < -0.3 is 4.90 Å². The zero-order chi connectivity index (χ0) is 14.8. The standard InChI is InChI=1S/C12H23N5O2S/c1-4-16-10-12(13-14-16)20(18,19)17-7-5-15(6-8-17)9-11(2)3/h10-11H,4-9H2,1-3H3. The third-order valence-electron chi connectivity index (χ3n) is 3.40. The first-order chi connectivity index (χ1) is 9.43. The van der Waals surface area contributed by atoms with Crippen LogP contribution in [0.5, 0.6) is 0 Å². The van der Waals surface area contributed by atoms with Crippen molar-refractivity contribution in [3.8, 4) is 0 Å². The predicted octanol–water partition coefficient (Wildman–Crippen LogP) is 0.260. The van der Waals surface area contributed by atoms with E-state index >= 15 is 0 Å². The maximum Gasteiger partial charge on any atom is 0.264 e. The molecule has 0 aliphatic carbocycles. The van der Waals surface area contributed by atoms with Gasteiger partial charge in [0.2, 0.25) is 5.03 Å². The van der Waals surface area contributed by atoms with E-state index in [9.17, 15) is 8.42 Å². The van der Waals surface area contributed by atoms with Crippen molar-refractivity contribution in [2.24, 2.45) is 5.92 Å². The van der Waals surface area contributed by atoms with Crippen LogP contribution in [0, 0.1) is 5.92 Å². The Kier molecular flexibility index (Phi) is 4.77. The summed E-state index contributed by atoms with van der Waals surface area (Å²) < 4.78 is 27.9. The Morgan fingerprint density at radius 3 is 2.40 bits per heavy atom. The molecule has 0 amide bonds. The molecule has 1 aliphatic heterocycles. The highest BCUT2D eigenvalue weighted by atomic mass is 32.2. The molecule has 0 bridgehead atoms. The lowest BCUT2D eigenvalue weighted by Crippen LogP contribution is -2.49. The number of sulfonamides is 1. The maximum atomic E-state index is 12.4. The number of aryl methyl sites for hydroxylation is 1. The van der Waals surface area contributed by atoms with Crippen LogP contribution in [0.4, 0.5) is 0 Å². The topological polar surface area (TPSA) is 71.3 Å². The molecular weight excluding hydrogens is 278 g/mol. The molecule has 0 saturated carbocycles. The van der Waals surface area contributed by atoms with Crippen molar-refractivity contribution >= 4 is 10.0 Å². The first-order valence-electron chi connectivity index (χ1n) is 7.06. The molecule has 0 atom stereocenters. The quantitative estimate of drug-likeness (QED) is 0.780. The molecule has 2 heterocycles. The number of hydrogen-bond acceptors (Lipinski definition) is 5. The molecule has 114 valence electrons. The largest absolute Gasteiger partial charge is 0.300 e. The number of rotatable bonds is 5. The van der Waals surface area contributed by atoms with E-state index in [0.717, 1.165) is 19.6 Å². The van der Waals surface area contributed by atoms with E-state index in [1.54, 1.807) is 0 Å². The molecule has 20 heavy (non-hydrogen) atoms. The van der Waals surface area contributed by atoms with E-state index in [2.05, 4.69) is 29.1 Å². The van der Waals surface area contributed by atoms with Gasteiger partial charge in [0.25, 0.3) is 10.0 Å². The molecule has 1 aromatic rings. The molecule has 1 fully saturated rings. The fourth-order valence-corrected chi connectivity index (χ4v) is 3.66. The Morgan fingerprint density at radius 2 is 1.90 bits per heavy atom. The van der Waals surface area contributed by atoms with Crippen LogP contribution < -0.4 is 0 Å². The van der Waals surface area contributed by atoms with Gasteiger partial charge in [0.05, 0.1) is 6.20 Å². The maximum absolute atomic E-state index is 12.4. The SMILES string of the molecule is CCn1cc(S(=O)(=O)N2CCN(CC(C)C)CC2)nn1. The minimum Gasteiger partial charge on any atom is -0.300 e. The summed E-state index contributed by atoms with van der Waals surface area (Å²) in [5, 5.41) is 7.62. The summed E-state index contributed by atoms with van der Waals surface area (Å²) in [7, 11) is -3.49. The average Bonchev–Trinajstić information content (AvgIpc) is 2.88. The van der Waals surface area contributed by atoms with Gasteiger partial charge in [0, 0.05) is 39.3 Å². The van der Waals surface area contributed by atoms with Crippen molar-refractivity contribution in [2.45, 2.75) is 32.3 Å². The number of hydrogen-bond donors (Lipinski definition) is 0. The molecule has 8 heteroatoms. The normalized spacial score (nSPS) is 18.8. The van der Waals surface area contributed by atoms with Crippen LogP contribution in [0.3, 0.4) is 0 Å². The van der Waals surface area contributed by atoms with E-state index in [0.29, 0.717) is 25.6 Å². The highest BCUT2D eigenvalue weighted by molar-refractivity contribution is 7.89. The highest BCUT2D eigenvalue weighted by Crippen LogP contribution is 2.15. The van der Waals surface area contributed by atoms with Gasteiger partial charge in [-0.15, -0.1) is 5.10 Å². The Bertz CT molecular complexity index is 532. The Labute approximate surface area is 120 Å². The third-order valence-corrected chi connectivity index (χ3v) is 5.16. The fourth-order valence-electron chi connectivity index (χ4n) is 2.35. The van der Waals surface area contributed by atoms with Crippen molar-refractivity contribution in [1.82, 2.24) is 24.2 Å². The fraction of sp³-hybridized carbons (Fsp3) is 0.833. The van der Waals surface area contributed by atoms with Gasteiger partial charge in [-0.2, -0.15) is 4.31 Å². The van der Waals surface area contributed by atoms with E-state index in [1.807, 2.05) is 6.92 Å². The Morgan fingerprint density at radius 1 is 1.25 bits per heavy atom. The number of aromatic nitrogens is 3. The van der Waals surface area contributed by atoms with Crippen LogP contribution in [0.1, 0.15) is 20.8 Å². The zero-order valence-electron chi connectivity index (χ0n) is 12.4. The average molecular weight is 301 g/mol. The van der Waals surface area contributed by atoms with Gasteiger partial charge in [-0.05, 0) is 12.8 Å². The molecule has 1 saturated heterocycles. The Hall–Kier alpha value is -0.990. The lowest BCUT2D eigenvalue weighted by atomic mass is 10.2. The van der Waals surface area contributed by atoms with E-state index in [-0.39, 0.29) is 5.03 Å². The monoisotopic (exact) mass is 301 g/mol. The van der Waals surface area contributed by atoms with Gasteiger partial charge in [0.1, 0.15) is 0 Å². The Balaban J connectivity index is 2.02. The van der Waals surface area contributed by atoms with Crippen LogP contribution >= 0.6 is 0 Å². The summed E-state index contributed by atoms with van der Waals surface area (Å²) in [6, 6.07) is 0. The molecule has 7 nitrogen and oxygen atoms in total. The van der Waals surface area contributed by atoms with Gasteiger partial charge in [-0.1, -0.05) is 19.1 Å². The van der Waals surface area contributed by atoms with E-state index < -0.39 is 10.0 Å². The van der Waals surface area contributed by atoms with E-state index in [4.69, 9.17) is 0 Å². The molecule has 0 radical (unpaired) electrons. The summed E-state index contributed by atoms with van der Waals surface area (Å²) >= 11 is 0. The van der Waals surface area contributed by atoms with Crippen LogP contribution in [0.2, 0.25) is 0 Å². The van der Waals surface area contributed by atoms with Crippen LogP contribution in [-0.4, -0.2) is 65.3 Å². The number of nitrogens with zero attached hydrogens (tertiary/aromatic N) is 5. The summed E-state index contributed by atoms with van der Waals surface area (Å²) in [5.74, 6) is 0.600. The molecule has 0 N–H and O–H groups in total. The van der Waals surface area contributed by atoms with Gasteiger partial charge >= 0.3 is 0 Å². The minimum atomic E-state index is -3.49. The van der Waals surface area contributed by atoms with Gasteiger partial charge in [0.15, 0.2) is 0 Å². The first kappa shape index (κ1) is 15.4. The van der Waals surface area contributed by atoms with Crippen LogP contribution in [0.25, 0.3) is 0 Å². The lowest BCUT2D eigenvalue weighted by Gasteiger charge is -2.34. The highest BCUT2D eigenvalue weighted by Gasteiger charge is 2.30. The lowest BCUT2D eigenvalue weighted by molar-refractivity contribution is 0.172. The molecule has 2 rings (SSSR count). The first-order valence-corrected chi connectivity index (χ1v) is 8.50.